The van der Waals surface area contributed by atoms with Crippen LogP contribution in [0.2, 0.25) is 0 Å². The molecule has 25 heavy (non-hydrogen) atoms. The fourth-order valence-electron chi connectivity index (χ4n) is 1.96. The first-order valence-electron chi connectivity index (χ1n) is 7.18. The maximum atomic E-state index is 13.4. The van der Waals surface area contributed by atoms with E-state index in [-0.39, 0.29) is 18.0 Å². The molecule has 0 atom stereocenters. The molecule has 1 amide bonds. The Hall–Kier alpha value is -2.94. The van der Waals surface area contributed by atoms with E-state index in [1.54, 1.807) is 13.0 Å². The van der Waals surface area contributed by atoms with E-state index < -0.39 is 32.3 Å². The lowest BCUT2D eigenvalue weighted by Crippen LogP contribution is -2.15. The number of carboxylic acids is 1. The van der Waals surface area contributed by atoms with E-state index in [2.05, 4.69) is 10.0 Å². The highest BCUT2D eigenvalue weighted by atomic mass is 32.2. The summed E-state index contributed by atoms with van der Waals surface area (Å²) in [5, 5.41) is 11.5. The predicted octanol–water partition coefficient (Wildman–Crippen LogP) is 2.67. The summed E-state index contributed by atoms with van der Waals surface area (Å²) in [6.07, 6.45) is 0.267. The van der Waals surface area contributed by atoms with Crippen LogP contribution in [0, 0.1) is 5.82 Å². The van der Waals surface area contributed by atoms with E-state index in [4.69, 9.17) is 5.11 Å². The first-order chi connectivity index (χ1) is 11.7. The SMILES string of the molecule is CCC(=O)Nc1cccc(NS(=O)(=O)c2ccc(F)c(C(=O)O)c2)c1. The summed E-state index contributed by atoms with van der Waals surface area (Å²) in [6.45, 7) is 1.68. The molecule has 0 unspecified atom stereocenters. The minimum atomic E-state index is -4.13. The van der Waals surface area contributed by atoms with Gasteiger partial charge in [-0.3, -0.25) is 9.52 Å². The van der Waals surface area contributed by atoms with Crippen molar-refractivity contribution in [3.05, 3.63) is 53.8 Å². The molecule has 7 nitrogen and oxygen atoms in total. The van der Waals surface area contributed by atoms with E-state index >= 15 is 0 Å². The highest BCUT2D eigenvalue weighted by Crippen LogP contribution is 2.21. The van der Waals surface area contributed by atoms with Crippen LogP contribution in [0.3, 0.4) is 0 Å². The fraction of sp³-hybridized carbons (Fsp3) is 0.125. The van der Waals surface area contributed by atoms with Gasteiger partial charge in [0.2, 0.25) is 5.91 Å². The van der Waals surface area contributed by atoms with Gasteiger partial charge >= 0.3 is 5.97 Å². The van der Waals surface area contributed by atoms with E-state index in [0.29, 0.717) is 5.69 Å². The van der Waals surface area contributed by atoms with E-state index in [9.17, 15) is 22.4 Å². The molecule has 0 aliphatic heterocycles. The number of hydrogen-bond acceptors (Lipinski definition) is 4. The van der Waals surface area contributed by atoms with E-state index in [1.807, 2.05) is 0 Å². The summed E-state index contributed by atoms with van der Waals surface area (Å²) >= 11 is 0. The topological polar surface area (TPSA) is 113 Å². The fourth-order valence-corrected chi connectivity index (χ4v) is 3.03. The van der Waals surface area contributed by atoms with E-state index in [1.165, 1.54) is 18.2 Å². The van der Waals surface area contributed by atoms with Crippen molar-refractivity contribution >= 4 is 33.3 Å². The van der Waals surface area contributed by atoms with Crippen molar-refractivity contribution in [3.8, 4) is 0 Å². The number of hydrogen-bond donors (Lipinski definition) is 3. The zero-order valence-electron chi connectivity index (χ0n) is 13.1. The molecule has 0 aromatic heterocycles. The molecule has 9 heteroatoms. The molecule has 0 saturated heterocycles. The maximum absolute atomic E-state index is 13.4. The lowest BCUT2D eigenvalue weighted by molar-refractivity contribution is -0.115. The van der Waals surface area contributed by atoms with Crippen LogP contribution in [-0.4, -0.2) is 25.4 Å². The van der Waals surface area contributed by atoms with Crippen LogP contribution >= 0.6 is 0 Å². The lowest BCUT2D eigenvalue weighted by atomic mass is 10.2. The monoisotopic (exact) mass is 366 g/mol. The molecule has 0 fully saturated rings. The van der Waals surface area contributed by atoms with Crippen molar-refractivity contribution in [2.75, 3.05) is 10.0 Å². The van der Waals surface area contributed by atoms with Crippen molar-refractivity contribution in [3.63, 3.8) is 0 Å². The van der Waals surface area contributed by atoms with Crippen LogP contribution < -0.4 is 10.0 Å². The van der Waals surface area contributed by atoms with Crippen molar-refractivity contribution < 1.29 is 27.5 Å². The molecule has 132 valence electrons. The average molecular weight is 366 g/mol. The first-order valence-corrected chi connectivity index (χ1v) is 8.67. The quantitative estimate of drug-likeness (QED) is 0.727. The number of rotatable bonds is 6. The van der Waals surface area contributed by atoms with Gasteiger partial charge in [0.25, 0.3) is 10.0 Å². The van der Waals surface area contributed by atoms with Gasteiger partial charge in [-0.1, -0.05) is 13.0 Å². The Bertz CT molecular complexity index is 928. The molecular weight excluding hydrogens is 351 g/mol. The Balaban J connectivity index is 2.30. The molecule has 0 spiro atoms. The third kappa shape index (κ3) is 4.54. The van der Waals surface area contributed by atoms with Crippen molar-refractivity contribution in [2.24, 2.45) is 0 Å². The number of carbonyl (C=O) groups is 2. The summed E-state index contributed by atoms with van der Waals surface area (Å²) in [5.74, 6) is -2.83. The number of carboxylic acid groups (broad SMARTS) is 1. The third-order valence-corrected chi connectivity index (χ3v) is 4.58. The normalized spacial score (nSPS) is 11.0. The van der Waals surface area contributed by atoms with Crippen LogP contribution in [0.4, 0.5) is 15.8 Å². The molecular formula is C16H15FN2O5S. The first kappa shape index (κ1) is 18.4. The van der Waals surface area contributed by atoms with Gasteiger partial charge in [0, 0.05) is 12.1 Å². The number of amides is 1. The molecule has 3 N–H and O–H groups in total. The third-order valence-electron chi connectivity index (χ3n) is 3.20. The molecule has 0 bridgehead atoms. The number of anilines is 2. The Labute approximate surface area is 143 Å². The lowest BCUT2D eigenvalue weighted by Gasteiger charge is -2.11. The largest absolute Gasteiger partial charge is 0.478 e. The molecule has 0 saturated carbocycles. The van der Waals surface area contributed by atoms with Gasteiger partial charge in [0.05, 0.1) is 16.1 Å². The number of aromatic carboxylic acids is 1. The van der Waals surface area contributed by atoms with Gasteiger partial charge < -0.3 is 10.4 Å². The molecule has 2 rings (SSSR count). The molecule has 0 heterocycles. The van der Waals surface area contributed by atoms with E-state index in [0.717, 1.165) is 18.2 Å². The number of carbonyl (C=O) groups excluding carboxylic acids is 1. The summed E-state index contributed by atoms with van der Waals surface area (Å²) in [5.41, 5.74) is -0.181. The number of sulfonamides is 1. The Morgan fingerprint density at radius 2 is 1.80 bits per heavy atom. The van der Waals surface area contributed by atoms with Gasteiger partial charge in [0.15, 0.2) is 0 Å². The predicted molar refractivity (Wildman–Crippen MR) is 89.5 cm³/mol. The van der Waals surface area contributed by atoms with Gasteiger partial charge in [-0.2, -0.15) is 0 Å². The highest BCUT2D eigenvalue weighted by Gasteiger charge is 2.19. The van der Waals surface area contributed by atoms with Crippen LogP contribution in [0.15, 0.2) is 47.4 Å². The van der Waals surface area contributed by atoms with Crippen molar-refractivity contribution in [2.45, 2.75) is 18.2 Å². The number of benzene rings is 2. The zero-order valence-corrected chi connectivity index (χ0v) is 13.9. The van der Waals surface area contributed by atoms with Gasteiger partial charge in [-0.05, 0) is 36.4 Å². The van der Waals surface area contributed by atoms with Crippen LogP contribution in [0.5, 0.6) is 0 Å². The summed E-state index contributed by atoms with van der Waals surface area (Å²) < 4.78 is 40.4. The molecule has 2 aromatic carbocycles. The highest BCUT2D eigenvalue weighted by molar-refractivity contribution is 7.92. The second-order valence-electron chi connectivity index (χ2n) is 5.03. The van der Waals surface area contributed by atoms with Gasteiger partial charge in [0.1, 0.15) is 5.82 Å². The maximum Gasteiger partial charge on any atom is 0.338 e. The Morgan fingerprint density at radius 1 is 1.12 bits per heavy atom. The molecule has 2 aromatic rings. The van der Waals surface area contributed by atoms with Crippen LogP contribution in [0.1, 0.15) is 23.7 Å². The number of halogens is 1. The summed E-state index contributed by atoms with van der Waals surface area (Å²) in [4.78, 5) is 21.9. The molecule has 0 aliphatic rings. The van der Waals surface area contributed by atoms with Crippen molar-refractivity contribution in [1.29, 1.82) is 0 Å². The second-order valence-corrected chi connectivity index (χ2v) is 6.72. The Morgan fingerprint density at radius 3 is 2.44 bits per heavy atom. The molecule has 0 aliphatic carbocycles. The van der Waals surface area contributed by atoms with Gasteiger partial charge in [-0.15, -0.1) is 0 Å². The van der Waals surface area contributed by atoms with Crippen LogP contribution in [0.25, 0.3) is 0 Å². The minimum Gasteiger partial charge on any atom is -0.478 e. The number of nitrogens with one attached hydrogen (secondary N) is 2. The second kappa shape index (κ2) is 7.31. The van der Waals surface area contributed by atoms with Crippen molar-refractivity contribution in [1.82, 2.24) is 0 Å². The summed E-state index contributed by atoms with van der Waals surface area (Å²) in [7, 11) is -4.13. The summed E-state index contributed by atoms with van der Waals surface area (Å²) in [6, 6.07) is 8.47. The van der Waals surface area contributed by atoms with Gasteiger partial charge in [-0.25, -0.2) is 17.6 Å². The standard InChI is InChI=1S/C16H15FN2O5S/c1-2-15(20)18-10-4-3-5-11(8-10)19-25(23,24)12-6-7-14(17)13(9-12)16(21)22/h3-9,19H,2H2,1H3,(H,18,20)(H,21,22). The zero-order chi connectivity index (χ0) is 18.6. The van der Waals surface area contributed by atoms with Crippen LogP contribution in [-0.2, 0) is 14.8 Å². The average Bonchev–Trinajstić information content (AvgIpc) is 2.54. The Kier molecular flexibility index (Phi) is 5.38. The molecule has 0 radical (unpaired) electrons. The minimum absolute atomic E-state index is 0.162. The smallest absolute Gasteiger partial charge is 0.338 e.